The van der Waals surface area contributed by atoms with Crippen LogP contribution in [0.25, 0.3) is 11.6 Å². The molecule has 0 unspecified atom stereocenters. The van der Waals surface area contributed by atoms with Crippen LogP contribution < -0.4 is 5.62 Å². The van der Waals surface area contributed by atoms with Crippen LogP contribution in [0.3, 0.4) is 0 Å². The lowest BCUT2D eigenvalue weighted by atomic mass is 10.1. The summed E-state index contributed by atoms with van der Waals surface area (Å²) >= 11 is 0. The maximum absolute atomic E-state index is 13.3. The second-order valence-corrected chi connectivity index (χ2v) is 4.67. The van der Waals surface area contributed by atoms with Gasteiger partial charge >= 0.3 is 0 Å². The molecule has 0 aliphatic carbocycles. The Labute approximate surface area is 114 Å². The lowest BCUT2D eigenvalue weighted by Gasteiger charge is -2.01. The molecule has 6 heteroatoms. The van der Waals surface area contributed by atoms with Gasteiger partial charge in [-0.05, 0) is 24.3 Å². The molecule has 0 saturated heterocycles. The number of allylic oxidation sites excluding steroid dienone is 1. The quantitative estimate of drug-likeness (QED) is 0.818. The van der Waals surface area contributed by atoms with Crippen molar-refractivity contribution in [3.63, 3.8) is 0 Å². The number of halogens is 1. The fourth-order valence-corrected chi connectivity index (χ4v) is 2.25. The van der Waals surface area contributed by atoms with Crippen LogP contribution in [0.5, 0.6) is 5.88 Å². The Balaban J connectivity index is 2.18. The molecule has 102 valence electrons. The van der Waals surface area contributed by atoms with E-state index in [0.717, 1.165) is 0 Å². The Morgan fingerprint density at radius 2 is 2.05 bits per heavy atom. The Morgan fingerprint density at radius 1 is 1.30 bits per heavy atom. The second kappa shape index (κ2) is 4.19. The molecule has 1 aromatic heterocycles. The van der Waals surface area contributed by atoms with Gasteiger partial charge in [-0.25, -0.2) is 4.39 Å². The molecule has 1 aliphatic heterocycles. The van der Waals surface area contributed by atoms with Crippen molar-refractivity contribution < 1.29 is 9.50 Å². The summed E-state index contributed by atoms with van der Waals surface area (Å²) in [7, 11) is 3.29. The number of fused-ring (bicyclic) bond motifs is 1. The standard InChI is InChI=1S/C14H13FN4O/c1-18-12(13(20)19(2)14(18)16)5-8-7-17-11-4-3-9(15)6-10(8)11/h3-7,16,20H,1-2H3. The summed E-state index contributed by atoms with van der Waals surface area (Å²) in [5.74, 6) is -0.341. The minimum Gasteiger partial charge on any atom is -0.493 e. The molecule has 2 N–H and O–H groups in total. The van der Waals surface area contributed by atoms with Crippen LogP contribution in [-0.2, 0) is 14.1 Å². The Hall–Kier alpha value is -2.63. The van der Waals surface area contributed by atoms with E-state index in [9.17, 15) is 9.50 Å². The van der Waals surface area contributed by atoms with Crippen molar-refractivity contribution >= 4 is 23.6 Å². The number of nitrogens with zero attached hydrogens (tertiary/aromatic N) is 3. The van der Waals surface area contributed by atoms with Gasteiger partial charge in [0.1, 0.15) is 11.5 Å². The van der Waals surface area contributed by atoms with E-state index in [2.05, 4.69) is 4.99 Å². The molecule has 0 spiro atoms. The van der Waals surface area contributed by atoms with Gasteiger partial charge in [0.15, 0.2) is 0 Å². The lowest BCUT2D eigenvalue weighted by molar-refractivity contribution is 0.427. The zero-order valence-electron chi connectivity index (χ0n) is 11.1. The van der Waals surface area contributed by atoms with Crippen LogP contribution in [0.2, 0.25) is 0 Å². The molecular weight excluding hydrogens is 259 g/mol. The number of aromatic nitrogens is 2. The van der Waals surface area contributed by atoms with Crippen LogP contribution in [0.1, 0.15) is 11.3 Å². The van der Waals surface area contributed by atoms with Crippen molar-refractivity contribution in [2.45, 2.75) is 0 Å². The van der Waals surface area contributed by atoms with Crippen molar-refractivity contribution in [2.24, 2.45) is 19.1 Å². The van der Waals surface area contributed by atoms with Crippen molar-refractivity contribution in [2.75, 3.05) is 0 Å². The maximum atomic E-state index is 13.3. The molecule has 0 saturated carbocycles. The van der Waals surface area contributed by atoms with Crippen LogP contribution in [0, 0.1) is 11.2 Å². The van der Waals surface area contributed by atoms with Gasteiger partial charge in [0, 0.05) is 31.4 Å². The van der Waals surface area contributed by atoms with Crippen molar-refractivity contribution in [1.82, 2.24) is 9.13 Å². The maximum Gasteiger partial charge on any atom is 0.218 e. The fourth-order valence-electron chi connectivity index (χ4n) is 2.25. The van der Waals surface area contributed by atoms with Crippen molar-refractivity contribution in [3.8, 4) is 5.88 Å². The van der Waals surface area contributed by atoms with Gasteiger partial charge in [-0.1, -0.05) is 0 Å². The van der Waals surface area contributed by atoms with Gasteiger partial charge in [0.25, 0.3) is 0 Å². The number of benzene rings is 1. The van der Waals surface area contributed by atoms with Gasteiger partial charge in [-0.2, -0.15) is 0 Å². The highest BCUT2D eigenvalue weighted by atomic mass is 19.1. The third kappa shape index (κ3) is 1.69. The summed E-state index contributed by atoms with van der Waals surface area (Å²) in [4.78, 5) is 4.20. The number of hydrogen-bond acceptors (Lipinski definition) is 3. The molecule has 5 nitrogen and oxygen atoms in total. The first-order valence-electron chi connectivity index (χ1n) is 6.04. The molecule has 3 rings (SSSR count). The van der Waals surface area contributed by atoms with Gasteiger partial charge in [0.05, 0.1) is 5.69 Å². The van der Waals surface area contributed by atoms with E-state index < -0.39 is 0 Å². The van der Waals surface area contributed by atoms with Gasteiger partial charge in [-0.15, -0.1) is 0 Å². The smallest absolute Gasteiger partial charge is 0.218 e. The van der Waals surface area contributed by atoms with Crippen molar-refractivity contribution in [3.05, 3.63) is 40.9 Å². The summed E-state index contributed by atoms with van der Waals surface area (Å²) in [6.07, 6.45) is 3.32. The highest BCUT2D eigenvalue weighted by Gasteiger charge is 2.16. The van der Waals surface area contributed by atoms with E-state index in [0.29, 0.717) is 22.5 Å². The molecule has 0 atom stereocenters. The number of nitrogens with one attached hydrogen (secondary N) is 1. The van der Waals surface area contributed by atoms with E-state index in [1.807, 2.05) is 0 Å². The minimum atomic E-state index is -0.331. The molecule has 0 radical (unpaired) electrons. The highest BCUT2D eigenvalue weighted by Crippen LogP contribution is 2.33. The summed E-state index contributed by atoms with van der Waals surface area (Å²) < 4.78 is 16.2. The summed E-state index contributed by atoms with van der Waals surface area (Å²) in [6.45, 7) is 0. The molecule has 0 fully saturated rings. The number of hydrogen-bond donors (Lipinski definition) is 2. The monoisotopic (exact) mass is 272 g/mol. The largest absolute Gasteiger partial charge is 0.493 e. The van der Waals surface area contributed by atoms with Gasteiger partial charge in [-0.3, -0.25) is 15.0 Å². The van der Waals surface area contributed by atoms with Crippen LogP contribution in [-0.4, -0.2) is 20.5 Å². The summed E-state index contributed by atoms with van der Waals surface area (Å²) in [5.41, 5.74) is 2.73. The molecular formula is C14H13FN4O. The first-order valence-corrected chi connectivity index (χ1v) is 6.04. The Morgan fingerprint density at radius 3 is 2.70 bits per heavy atom. The second-order valence-electron chi connectivity index (χ2n) is 4.67. The molecule has 20 heavy (non-hydrogen) atoms. The predicted octanol–water partition coefficient (Wildman–Crippen LogP) is 1.94. The fraction of sp³-hybridized carbons (Fsp3) is 0.143. The van der Waals surface area contributed by atoms with Gasteiger partial charge < -0.3 is 9.67 Å². The number of aromatic hydroxyl groups is 1. The Bertz CT molecular complexity index is 826. The van der Waals surface area contributed by atoms with Crippen LogP contribution >= 0.6 is 0 Å². The third-order valence-electron chi connectivity index (χ3n) is 3.45. The van der Waals surface area contributed by atoms with E-state index in [-0.39, 0.29) is 17.3 Å². The molecule has 1 aliphatic rings. The molecule has 2 aromatic rings. The number of aliphatic imine (C=N–C) groups is 1. The van der Waals surface area contributed by atoms with E-state index in [1.54, 1.807) is 37.0 Å². The molecule has 1 aromatic carbocycles. The lowest BCUT2D eigenvalue weighted by Crippen LogP contribution is -2.20. The summed E-state index contributed by atoms with van der Waals surface area (Å²) in [6, 6.07) is 4.39. The zero-order chi connectivity index (χ0) is 14.4. The Kier molecular flexibility index (Phi) is 2.60. The van der Waals surface area contributed by atoms with Gasteiger partial charge in [0.2, 0.25) is 11.5 Å². The molecule has 0 amide bonds. The first kappa shape index (κ1) is 12.4. The zero-order valence-corrected chi connectivity index (χ0v) is 11.1. The average molecular weight is 272 g/mol. The molecule has 0 bridgehead atoms. The highest BCUT2D eigenvalue weighted by molar-refractivity contribution is 6.21. The third-order valence-corrected chi connectivity index (χ3v) is 3.45. The van der Waals surface area contributed by atoms with E-state index in [1.165, 1.54) is 16.7 Å². The summed E-state index contributed by atoms with van der Waals surface area (Å²) in [5, 5.41) is 17.8. The number of imidazole rings is 1. The van der Waals surface area contributed by atoms with E-state index >= 15 is 0 Å². The topological polar surface area (TPSA) is 66.3 Å². The number of rotatable bonds is 1. The predicted molar refractivity (Wildman–Crippen MR) is 74.3 cm³/mol. The SMILES string of the molecule is Cn1c(O)c(C=C2C=Nc3ccc(F)cc32)n(C)c1=N. The first-order chi connectivity index (χ1) is 9.49. The van der Waals surface area contributed by atoms with Crippen LogP contribution in [0.4, 0.5) is 10.1 Å². The van der Waals surface area contributed by atoms with E-state index in [4.69, 9.17) is 5.41 Å². The minimum absolute atomic E-state index is 0.0109. The molecule has 2 heterocycles. The normalized spacial score (nSPS) is 15.1. The average Bonchev–Trinajstić information content (AvgIpc) is 2.90. The van der Waals surface area contributed by atoms with Crippen LogP contribution in [0.15, 0.2) is 23.2 Å². The van der Waals surface area contributed by atoms with Crippen molar-refractivity contribution in [1.29, 1.82) is 5.41 Å².